The van der Waals surface area contributed by atoms with Crippen LogP contribution in [0.25, 0.3) is 0 Å². The van der Waals surface area contributed by atoms with Crippen LogP contribution in [0.1, 0.15) is 38.5 Å². The summed E-state index contributed by atoms with van der Waals surface area (Å²) >= 11 is 0. The molecule has 1 N–H and O–H groups in total. The van der Waals surface area contributed by atoms with Gasteiger partial charge in [-0.15, -0.1) is 12.4 Å². The number of rotatable bonds is 0. The smallest absolute Gasteiger partial charge is 0.000829 e. The van der Waals surface area contributed by atoms with Gasteiger partial charge in [-0.3, -0.25) is 0 Å². The summed E-state index contributed by atoms with van der Waals surface area (Å²) in [4.78, 5) is 0. The minimum Gasteiger partial charge on any atom is -0.316 e. The van der Waals surface area contributed by atoms with Crippen LogP contribution in [0.15, 0.2) is 0 Å². The molecule has 1 heterocycles. The molecule has 0 bridgehead atoms. The van der Waals surface area contributed by atoms with Gasteiger partial charge in [-0.2, -0.15) is 0 Å². The minimum atomic E-state index is 0. The standard InChI is InChI=1S/C9H17N.ClH/c1-2-4-9(5-3-1)6-7-10-8-9;/h10H,1-8H2;1H. The molecule has 1 saturated carbocycles. The normalized spacial score (nSPS) is 28.4. The minimum absolute atomic E-state index is 0. The van der Waals surface area contributed by atoms with Crippen LogP contribution < -0.4 is 5.32 Å². The van der Waals surface area contributed by atoms with E-state index in [1.54, 1.807) is 0 Å². The molecular weight excluding hydrogens is 158 g/mol. The highest BCUT2D eigenvalue weighted by molar-refractivity contribution is 5.85. The first kappa shape index (κ1) is 9.34. The van der Waals surface area contributed by atoms with Crippen LogP contribution in [0, 0.1) is 5.41 Å². The van der Waals surface area contributed by atoms with E-state index in [1.807, 2.05) is 0 Å². The second-order valence-corrected chi connectivity index (χ2v) is 3.99. The zero-order valence-corrected chi connectivity index (χ0v) is 7.88. The maximum atomic E-state index is 3.48. The van der Waals surface area contributed by atoms with Crippen LogP contribution in [0.5, 0.6) is 0 Å². The number of nitrogens with one attached hydrogen (secondary N) is 1. The van der Waals surface area contributed by atoms with Gasteiger partial charge in [-0.05, 0) is 31.2 Å². The van der Waals surface area contributed by atoms with Crippen molar-refractivity contribution in [2.75, 3.05) is 13.1 Å². The molecule has 1 aliphatic heterocycles. The molecule has 1 aliphatic carbocycles. The van der Waals surface area contributed by atoms with E-state index in [1.165, 1.54) is 51.6 Å². The topological polar surface area (TPSA) is 12.0 Å². The van der Waals surface area contributed by atoms with Crippen molar-refractivity contribution in [1.29, 1.82) is 0 Å². The first-order chi connectivity index (χ1) is 4.91. The number of hydrogen-bond donors (Lipinski definition) is 1. The Morgan fingerprint density at radius 3 is 2.18 bits per heavy atom. The summed E-state index contributed by atoms with van der Waals surface area (Å²) in [6, 6.07) is 0. The fourth-order valence-electron chi connectivity index (χ4n) is 2.52. The Labute approximate surface area is 75.4 Å². The van der Waals surface area contributed by atoms with E-state index in [-0.39, 0.29) is 12.4 Å². The second kappa shape index (κ2) is 3.77. The molecule has 2 fully saturated rings. The molecule has 0 unspecified atom stereocenters. The van der Waals surface area contributed by atoms with Crippen molar-refractivity contribution in [3.05, 3.63) is 0 Å². The third-order valence-electron chi connectivity index (χ3n) is 3.25. The molecule has 0 aromatic carbocycles. The molecule has 0 amide bonds. The highest BCUT2D eigenvalue weighted by Crippen LogP contribution is 2.40. The first-order valence-corrected chi connectivity index (χ1v) is 4.62. The van der Waals surface area contributed by atoms with Gasteiger partial charge < -0.3 is 5.32 Å². The number of halogens is 1. The molecular formula is C9H18ClN. The van der Waals surface area contributed by atoms with Gasteiger partial charge in [0, 0.05) is 6.54 Å². The number of hydrogen-bond acceptors (Lipinski definition) is 1. The fourth-order valence-corrected chi connectivity index (χ4v) is 2.52. The predicted molar refractivity (Wildman–Crippen MR) is 50.3 cm³/mol. The van der Waals surface area contributed by atoms with Gasteiger partial charge in [-0.1, -0.05) is 19.3 Å². The molecule has 1 saturated heterocycles. The van der Waals surface area contributed by atoms with Crippen LogP contribution in [0.4, 0.5) is 0 Å². The Hall–Kier alpha value is 0.250. The zero-order chi connectivity index (χ0) is 6.86. The van der Waals surface area contributed by atoms with Crippen molar-refractivity contribution in [3.8, 4) is 0 Å². The Morgan fingerprint density at radius 2 is 1.64 bits per heavy atom. The van der Waals surface area contributed by atoms with Gasteiger partial charge in [0.15, 0.2) is 0 Å². The predicted octanol–water partition coefficient (Wildman–Crippen LogP) is 2.35. The van der Waals surface area contributed by atoms with Crippen molar-refractivity contribution in [1.82, 2.24) is 5.32 Å². The Kier molecular flexibility index (Phi) is 3.20. The fraction of sp³-hybridized carbons (Fsp3) is 1.00. The van der Waals surface area contributed by atoms with E-state index in [0.717, 1.165) is 5.41 Å². The van der Waals surface area contributed by atoms with Gasteiger partial charge in [0.05, 0.1) is 0 Å². The van der Waals surface area contributed by atoms with Gasteiger partial charge >= 0.3 is 0 Å². The monoisotopic (exact) mass is 175 g/mol. The Bertz CT molecular complexity index is 111. The van der Waals surface area contributed by atoms with Crippen molar-refractivity contribution in [3.63, 3.8) is 0 Å². The van der Waals surface area contributed by atoms with E-state index in [0.29, 0.717) is 0 Å². The third kappa shape index (κ3) is 1.88. The lowest BCUT2D eigenvalue weighted by Crippen LogP contribution is -2.26. The van der Waals surface area contributed by atoms with E-state index in [9.17, 15) is 0 Å². The molecule has 2 heteroatoms. The van der Waals surface area contributed by atoms with Gasteiger partial charge in [-0.25, -0.2) is 0 Å². The summed E-state index contributed by atoms with van der Waals surface area (Å²) < 4.78 is 0. The Morgan fingerprint density at radius 1 is 0.909 bits per heavy atom. The zero-order valence-electron chi connectivity index (χ0n) is 7.07. The van der Waals surface area contributed by atoms with E-state index in [4.69, 9.17) is 0 Å². The van der Waals surface area contributed by atoms with Crippen molar-refractivity contribution in [2.24, 2.45) is 5.41 Å². The molecule has 2 rings (SSSR count). The summed E-state index contributed by atoms with van der Waals surface area (Å²) in [5.74, 6) is 0. The summed E-state index contributed by atoms with van der Waals surface area (Å²) in [7, 11) is 0. The maximum absolute atomic E-state index is 3.48. The van der Waals surface area contributed by atoms with E-state index < -0.39 is 0 Å². The summed E-state index contributed by atoms with van der Waals surface area (Å²) in [6.45, 7) is 2.59. The van der Waals surface area contributed by atoms with Gasteiger partial charge in [0.1, 0.15) is 0 Å². The lowest BCUT2D eigenvalue weighted by Gasteiger charge is -2.32. The highest BCUT2D eigenvalue weighted by atomic mass is 35.5. The van der Waals surface area contributed by atoms with Crippen LogP contribution in [-0.4, -0.2) is 13.1 Å². The van der Waals surface area contributed by atoms with Gasteiger partial charge in [0.2, 0.25) is 0 Å². The van der Waals surface area contributed by atoms with E-state index in [2.05, 4.69) is 5.32 Å². The molecule has 0 atom stereocenters. The largest absolute Gasteiger partial charge is 0.316 e. The van der Waals surface area contributed by atoms with E-state index >= 15 is 0 Å². The lowest BCUT2D eigenvalue weighted by molar-refractivity contribution is 0.216. The Balaban J connectivity index is 0.000000605. The average molecular weight is 176 g/mol. The summed E-state index contributed by atoms with van der Waals surface area (Å²) in [5, 5.41) is 3.48. The molecule has 1 nitrogen and oxygen atoms in total. The molecule has 11 heavy (non-hydrogen) atoms. The molecule has 0 radical (unpaired) electrons. The van der Waals surface area contributed by atoms with Crippen LogP contribution >= 0.6 is 12.4 Å². The SMILES string of the molecule is C1CCC2(CC1)CCNC2.Cl. The molecule has 66 valence electrons. The van der Waals surface area contributed by atoms with Gasteiger partial charge in [0.25, 0.3) is 0 Å². The molecule has 2 aliphatic rings. The maximum Gasteiger partial charge on any atom is 0.000829 e. The first-order valence-electron chi connectivity index (χ1n) is 4.62. The van der Waals surface area contributed by atoms with Crippen molar-refractivity contribution in [2.45, 2.75) is 38.5 Å². The van der Waals surface area contributed by atoms with Crippen molar-refractivity contribution >= 4 is 12.4 Å². The molecule has 0 aromatic heterocycles. The van der Waals surface area contributed by atoms with Crippen molar-refractivity contribution < 1.29 is 0 Å². The summed E-state index contributed by atoms with van der Waals surface area (Å²) in [5.41, 5.74) is 0.762. The lowest BCUT2D eigenvalue weighted by atomic mass is 9.74. The second-order valence-electron chi connectivity index (χ2n) is 3.99. The molecule has 0 aromatic rings. The quantitative estimate of drug-likeness (QED) is 0.596. The summed E-state index contributed by atoms with van der Waals surface area (Å²) in [6.07, 6.45) is 8.91. The molecule has 1 spiro atoms. The van der Waals surface area contributed by atoms with Crippen LogP contribution in [0.2, 0.25) is 0 Å². The average Bonchev–Trinajstić information content (AvgIpc) is 2.39. The van der Waals surface area contributed by atoms with Crippen LogP contribution in [-0.2, 0) is 0 Å². The third-order valence-corrected chi connectivity index (χ3v) is 3.25. The highest BCUT2D eigenvalue weighted by Gasteiger charge is 2.34. The van der Waals surface area contributed by atoms with Crippen LogP contribution in [0.3, 0.4) is 0 Å².